The molecule has 1 aromatic heterocycles. The number of hydrogen-bond acceptors (Lipinski definition) is 5. The van der Waals surface area contributed by atoms with Crippen molar-refractivity contribution in [3.05, 3.63) is 53.7 Å². The lowest BCUT2D eigenvalue weighted by Crippen LogP contribution is -2.49. The molecule has 2 saturated heterocycles. The number of hydrogen-bond donors (Lipinski definition) is 0. The first-order chi connectivity index (χ1) is 14.2. The largest absolute Gasteiger partial charge is 0.352 e. The van der Waals surface area contributed by atoms with Crippen LogP contribution in [-0.4, -0.2) is 54.4 Å². The molecule has 7 heteroatoms. The molecule has 0 bridgehead atoms. The molecule has 0 atom stereocenters. The number of aromatic nitrogens is 1. The van der Waals surface area contributed by atoms with Crippen molar-refractivity contribution < 1.29 is 9.59 Å². The average molecular weight is 389 g/mol. The monoisotopic (exact) mass is 389 g/mol. The van der Waals surface area contributed by atoms with Crippen molar-refractivity contribution in [1.82, 2.24) is 9.88 Å². The normalized spacial score (nSPS) is 16.8. The zero-order chi connectivity index (χ0) is 20.2. The smallest absolute Gasteiger partial charge is 0.227 e. The van der Waals surface area contributed by atoms with Crippen LogP contribution in [0.15, 0.2) is 42.6 Å². The second-order valence-corrected chi connectivity index (χ2v) is 7.35. The summed E-state index contributed by atoms with van der Waals surface area (Å²) >= 11 is 0. The summed E-state index contributed by atoms with van der Waals surface area (Å²) in [5, 5.41) is 9.25. The third kappa shape index (κ3) is 4.06. The highest BCUT2D eigenvalue weighted by molar-refractivity contribution is 5.95. The topological polar surface area (TPSA) is 80.5 Å². The number of nitriles is 1. The Labute approximate surface area is 170 Å². The molecule has 2 aromatic rings. The maximum absolute atomic E-state index is 12.7. The molecule has 2 aliphatic rings. The van der Waals surface area contributed by atoms with Crippen molar-refractivity contribution in [3.8, 4) is 6.07 Å². The van der Waals surface area contributed by atoms with E-state index in [9.17, 15) is 14.9 Å². The molecule has 7 nitrogen and oxygen atoms in total. The number of nitrogens with zero attached hydrogens (tertiary/aromatic N) is 5. The van der Waals surface area contributed by atoms with Gasteiger partial charge in [0.05, 0.1) is 12.0 Å². The van der Waals surface area contributed by atoms with E-state index in [0.29, 0.717) is 50.4 Å². The minimum absolute atomic E-state index is 0.0937. The number of anilines is 2. The SMILES string of the molecule is N#Cc1cccnc1N1CCN(C(=O)Cc2ccc(N3CCCC3=O)cc2)CC1. The van der Waals surface area contributed by atoms with Crippen molar-refractivity contribution in [2.24, 2.45) is 0 Å². The molecule has 0 radical (unpaired) electrons. The summed E-state index contributed by atoms with van der Waals surface area (Å²) in [4.78, 5) is 34.6. The first-order valence-corrected chi connectivity index (χ1v) is 9.93. The average Bonchev–Trinajstić information content (AvgIpc) is 3.20. The Balaban J connectivity index is 1.33. The minimum atomic E-state index is 0.0937. The first-order valence-electron chi connectivity index (χ1n) is 9.93. The molecule has 1 aromatic carbocycles. The summed E-state index contributed by atoms with van der Waals surface area (Å²) in [6.07, 6.45) is 3.55. The maximum Gasteiger partial charge on any atom is 0.227 e. The summed E-state index contributed by atoms with van der Waals surface area (Å²) in [7, 11) is 0. The summed E-state index contributed by atoms with van der Waals surface area (Å²) in [6.45, 7) is 3.31. The molecular formula is C22H23N5O2. The summed E-state index contributed by atoms with van der Waals surface area (Å²) in [6, 6.07) is 13.4. The molecule has 0 aliphatic carbocycles. The van der Waals surface area contributed by atoms with Crippen molar-refractivity contribution in [1.29, 1.82) is 5.26 Å². The van der Waals surface area contributed by atoms with Gasteiger partial charge in [-0.05, 0) is 36.2 Å². The van der Waals surface area contributed by atoms with Gasteiger partial charge in [-0.25, -0.2) is 4.98 Å². The second-order valence-electron chi connectivity index (χ2n) is 7.35. The van der Waals surface area contributed by atoms with Crippen LogP contribution in [0.5, 0.6) is 0 Å². The molecule has 0 unspecified atom stereocenters. The lowest BCUT2D eigenvalue weighted by molar-refractivity contribution is -0.130. The van der Waals surface area contributed by atoms with E-state index in [1.165, 1.54) is 0 Å². The van der Waals surface area contributed by atoms with E-state index in [2.05, 4.69) is 16.0 Å². The van der Waals surface area contributed by atoms with Gasteiger partial charge in [-0.3, -0.25) is 9.59 Å². The lowest BCUT2D eigenvalue weighted by atomic mass is 10.1. The van der Waals surface area contributed by atoms with Crippen LogP contribution in [0.25, 0.3) is 0 Å². The summed E-state index contributed by atoms with van der Waals surface area (Å²) in [5.74, 6) is 0.949. The third-order valence-corrected chi connectivity index (χ3v) is 5.52. The second kappa shape index (κ2) is 8.31. The molecule has 2 fully saturated rings. The van der Waals surface area contributed by atoms with E-state index < -0.39 is 0 Å². The summed E-state index contributed by atoms with van der Waals surface area (Å²) in [5.41, 5.74) is 2.41. The molecule has 4 rings (SSSR count). The third-order valence-electron chi connectivity index (χ3n) is 5.52. The van der Waals surface area contributed by atoms with Crippen LogP contribution in [0.1, 0.15) is 24.0 Å². The number of pyridine rings is 1. The van der Waals surface area contributed by atoms with Gasteiger partial charge >= 0.3 is 0 Å². The molecule has 0 N–H and O–H groups in total. The molecule has 2 aliphatic heterocycles. The van der Waals surface area contributed by atoms with Crippen molar-refractivity contribution in [2.75, 3.05) is 42.5 Å². The van der Waals surface area contributed by atoms with Crippen molar-refractivity contribution >= 4 is 23.3 Å². The van der Waals surface area contributed by atoms with E-state index in [0.717, 1.165) is 24.2 Å². The Bertz CT molecular complexity index is 942. The zero-order valence-electron chi connectivity index (χ0n) is 16.3. The van der Waals surface area contributed by atoms with Gasteiger partial charge in [0, 0.05) is 51.0 Å². The zero-order valence-corrected chi connectivity index (χ0v) is 16.3. The molecule has 0 saturated carbocycles. The van der Waals surface area contributed by atoms with Gasteiger partial charge in [-0.1, -0.05) is 12.1 Å². The quantitative estimate of drug-likeness (QED) is 0.799. The highest BCUT2D eigenvalue weighted by atomic mass is 16.2. The number of rotatable bonds is 4. The van der Waals surface area contributed by atoms with E-state index in [-0.39, 0.29) is 11.8 Å². The number of carbonyl (C=O) groups is 2. The van der Waals surface area contributed by atoms with Gasteiger partial charge in [-0.15, -0.1) is 0 Å². The Morgan fingerprint density at radius 1 is 1.07 bits per heavy atom. The Kier molecular flexibility index (Phi) is 5.43. The van der Waals surface area contributed by atoms with Crippen LogP contribution in [-0.2, 0) is 16.0 Å². The van der Waals surface area contributed by atoms with Crippen LogP contribution in [0, 0.1) is 11.3 Å². The number of amides is 2. The molecule has 29 heavy (non-hydrogen) atoms. The van der Waals surface area contributed by atoms with Crippen molar-refractivity contribution in [2.45, 2.75) is 19.3 Å². The first kappa shape index (κ1) is 18.9. The van der Waals surface area contributed by atoms with Crippen LogP contribution in [0.2, 0.25) is 0 Å². The molecule has 2 amide bonds. The Morgan fingerprint density at radius 2 is 1.83 bits per heavy atom. The Morgan fingerprint density at radius 3 is 2.48 bits per heavy atom. The highest BCUT2D eigenvalue weighted by Crippen LogP contribution is 2.22. The fraction of sp³-hybridized carbons (Fsp3) is 0.364. The maximum atomic E-state index is 12.7. The van der Waals surface area contributed by atoms with E-state index in [1.54, 1.807) is 23.2 Å². The standard InChI is InChI=1S/C22H23N5O2/c23-16-18-3-1-9-24-22(18)26-13-11-25(12-14-26)21(29)15-17-5-7-19(8-6-17)27-10-2-4-20(27)28/h1,3,5-9H,2,4,10-15H2. The number of benzene rings is 1. The van der Waals surface area contributed by atoms with Crippen LogP contribution >= 0.6 is 0 Å². The van der Waals surface area contributed by atoms with Crippen LogP contribution < -0.4 is 9.80 Å². The van der Waals surface area contributed by atoms with Gasteiger partial charge in [0.15, 0.2) is 0 Å². The molecule has 3 heterocycles. The van der Waals surface area contributed by atoms with Crippen molar-refractivity contribution in [3.63, 3.8) is 0 Å². The predicted octanol–water partition coefficient (Wildman–Crippen LogP) is 1.97. The minimum Gasteiger partial charge on any atom is -0.352 e. The number of piperazine rings is 1. The molecule has 148 valence electrons. The molecular weight excluding hydrogens is 366 g/mol. The predicted molar refractivity (Wildman–Crippen MR) is 109 cm³/mol. The number of carbonyl (C=O) groups excluding carboxylic acids is 2. The van der Waals surface area contributed by atoms with E-state index in [1.807, 2.05) is 29.2 Å². The lowest BCUT2D eigenvalue weighted by Gasteiger charge is -2.35. The van der Waals surface area contributed by atoms with E-state index >= 15 is 0 Å². The van der Waals surface area contributed by atoms with E-state index in [4.69, 9.17) is 0 Å². The fourth-order valence-corrected chi connectivity index (χ4v) is 3.91. The van der Waals surface area contributed by atoms with Gasteiger partial charge in [-0.2, -0.15) is 5.26 Å². The van der Waals surface area contributed by atoms with Gasteiger partial charge in [0.25, 0.3) is 0 Å². The highest BCUT2D eigenvalue weighted by Gasteiger charge is 2.24. The van der Waals surface area contributed by atoms with Crippen LogP contribution in [0.4, 0.5) is 11.5 Å². The molecule has 0 spiro atoms. The fourth-order valence-electron chi connectivity index (χ4n) is 3.91. The Hall–Kier alpha value is -3.40. The van der Waals surface area contributed by atoms with Crippen LogP contribution in [0.3, 0.4) is 0 Å². The van der Waals surface area contributed by atoms with Gasteiger partial charge in [0.2, 0.25) is 11.8 Å². The van der Waals surface area contributed by atoms with Gasteiger partial charge in [0.1, 0.15) is 11.9 Å². The van der Waals surface area contributed by atoms with Gasteiger partial charge < -0.3 is 14.7 Å². The summed E-state index contributed by atoms with van der Waals surface area (Å²) < 4.78 is 0.